The third-order valence-corrected chi connectivity index (χ3v) is 4.86. The number of aromatic nitrogens is 2. The first kappa shape index (κ1) is 17.6. The molecular formula is C20H18N4OS. The van der Waals surface area contributed by atoms with E-state index < -0.39 is 5.91 Å². The van der Waals surface area contributed by atoms with Gasteiger partial charge in [0.2, 0.25) is 0 Å². The molecule has 0 saturated heterocycles. The molecule has 0 aliphatic rings. The number of amides is 1. The molecule has 0 radical (unpaired) electrons. The first-order valence-electron chi connectivity index (χ1n) is 8.26. The van der Waals surface area contributed by atoms with E-state index in [2.05, 4.69) is 34.6 Å². The monoisotopic (exact) mass is 362 g/mol. The standard InChI is InChI=1S/C20H18N4OS/c1-2-14-5-7-15(8-6-14)19-17(12-23-24-19)10-16(11-21)20(25)22-13-18-4-3-9-26-18/h3-10,12H,2,13H2,1H3,(H,22,25)(H,23,24)/b16-10+. The largest absolute Gasteiger partial charge is 0.347 e. The fourth-order valence-electron chi connectivity index (χ4n) is 2.52. The van der Waals surface area contributed by atoms with Crippen LogP contribution in [-0.4, -0.2) is 16.1 Å². The minimum Gasteiger partial charge on any atom is -0.347 e. The van der Waals surface area contributed by atoms with Gasteiger partial charge in [0, 0.05) is 16.0 Å². The highest BCUT2D eigenvalue weighted by Crippen LogP contribution is 2.23. The molecule has 3 aromatic rings. The van der Waals surface area contributed by atoms with Crippen molar-refractivity contribution in [3.63, 3.8) is 0 Å². The summed E-state index contributed by atoms with van der Waals surface area (Å²) >= 11 is 1.56. The van der Waals surface area contributed by atoms with Gasteiger partial charge in [-0.2, -0.15) is 10.4 Å². The summed E-state index contributed by atoms with van der Waals surface area (Å²) in [5.74, 6) is -0.394. The van der Waals surface area contributed by atoms with E-state index >= 15 is 0 Å². The molecule has 130 valence electrons. The SMILES string of the molecule is CCc1ccc(-c2[nH]ncc2/C=C(\C#N)C(=O)NCc2cccs2)cc1. The van der Waals surface area contributed by atoms with Gasteiger partial charge in [-0.05, 0) is 29.5 Å². The summed E-state index contributed by atoms with van der Waals surface area (Å²) in [5.41, 5.74) is 3.75. The second-order valence-electron chi connectivity index (χ2n) is 5.68. The van der Waals surface area contributed by atoms with E-state index in [4.69, 9.17) is 0 Å². The van der Waals surface area contributed by atoms with E-state index in [9.17, 15) is 10.1 Å². The number of hydrogen-bond acceptors (Lipinski definition) is 4. The number of nitrogens with zero attached hydrogens (tertiary/aromatic N) is 2. The maximum atomic E-state index is 12.3. The van der Waals surface area contributed by atoms with Gasteiger partial charge in [0.05, 0.1) is 18.4 Å². The zero-order valence-corrected chi connectivity index (χ0v) is 15.1. The zero-order chi connectivity index (χ0) is 18.4. The van der Waals surface area contributed by atoms with Crippen LogP contribution in [0.5, 0.6) is 0 Å². The van der Waals surface area contributed by atoms with Crippen molar-refractivity contribution in [1.29, 1.82) is 5.26 Å². The first-order chi connectivity index (χ1) is 12.7. The van der Waals surface area contributed by atoms with Gasteiger partial charge in [-0.15, -0.1) is 11.3 Å². The molecule has 0 bridgehead atoms. The van der Waals surface area contributed by atoms with Gasteiger partial charge in [0.15, 0.2) is 0 Å². The minimum absolute atomic E-state index is 0.0504. The van der Waals surface area contributed by atoms with Crippen molar-refractivity contribution in [3.05, 3.63) is 69.6 Å². The van der Waals surface area contributed by atoms with Gasteiger partial charge in [0.25, 0.3) is 5.91 Å². The topological polar surface area (TPSA) is 81.6 Å². The number of hydrogen-bond donors (Lipinski definition) is 2. The third-order valence-electron chi connectivity index (χ3n) is 3.99. The van der Waals surface area contributed by atoms with Gasteiger partial charge in [-0.25, -0.2) is 0 Å². The predicted molar refractivity (Wildman–Crippen MR) is 103 cm³/mol. The fourth-order valence-corrected chi connectivity index (χ4v) is 3.17. The van der Waals surface area contributed by atoms with E-state index in [-0.39, 0.29) is 5.57 Å². The van der Waals surface area contributed by atoms with Crippen LogP contribution in [-0.2, 0) is 17.8 Å². The smallest absolute Gasteiger partial charge is 0.262 e. The molecule has 0 aliphatic heterocycles. The number of thiophene rings is 1. The summed E-state index contributed by atoms with van der Waals surface area (Å²) in [6.45, 7) is 2.51. The van der Waals surface area contributed by atoms with Gasteiger partial charge in [-0.3, -0.25) is 9.89 Å². The third kappa shape index (κ3) is 4.08. The number of benzene rings is 1. The van der Waals surface area contributed by atoms with Crippen molar-refractivity contribution in [1.82, 2.24) is 15.5 Å². The van der Waals surface area contributed by atoms with E-state index in [1.807, 2.05) is 35.7 Å². The lowest BCUT2D eigenvalue weighted by atomic mass is 10.0. The Labute approximate surface area is 156 Å². The molecule has 1 amide bonds. The molecule has 0 aliphatic carbocycles. The van der Waals surface area contributed by atoms with Crippen LogP contribution in [0.15, 0.2) is 53.5 Å². The maximum Gasteiger partial charge on any atom is 0.262 e. The van der Waals surface area contributed by atoms with Crippen LogP contribution in [0.3, 0.4) is 0 Å². The van der Waals surface area contributed by atoms with Crippen molar-refractivity contribution < 1.29 is 4.79 Å². The number of nitrogens with one attached hydrogen (secondary N) is 2. The Hall–Kier alpha value is -3.17. The first-order valence-corrected chi connectivity index (χ1v) is 9.14. The Kier molecular flexibility index (Phi) is 5.62. The molecule has 2 heterocycles. The molecule has 0 unspecified atom stereocenters. The Morgan fingerprint density at radius 1 is 1.35 bits per heavy atom. The number of rotatable bonds is 6. The van der Waals surface area contributed by atoms with Crippen LogP contribution >= 0.6 is 11.3 Å². The molecule has 1 aromatic carbocycles. The molecular weight excluding hydrogens is 344 g/mol. The lowest BCUT2D eigenvalue weighted by Crippen LogP contribution is -2.23. The van der Waals surface area contributed by atoms with E-state index in [1.54, 1.807) is 23.6 Å². The molecule has 0 atom stereocenters. The quantitative estimate of drug-likeness (QED) is 0.515. The van der Waals surface area contributed by atoms with Crippen LogP contribution in [0.1, 0.15) is 22.9 Å². The average Bonchev–Trinajstić information content (AvgIpc) is 3.36. The Morgan fingerprint density at radius 2 is 2.15 bits per heavy atom. The summed E-state index contributed by atoms with van der Waals surface area (Å²) in [4.78, 5) is 13.3. The van der Waals surface area contributed by atoms with Crippen LogP contribution in [0.25, 0.3) is 17.3 Å². The van der Waals surface area contributed by atoms with Crippen LogP contribution in [0, 0.1) is 11.3 Å². The summed E-state index contributed by atoms with van der Waals surface area (Å²) in [6.07, 6.45) is 4.16. The second kappa shape index (κ2) is 8.28. The fraction of sp³-hybridized carbons (Fsp3) is 0.150. The number of carbonyl (C=O) groups excluding carboxylic acids is 1. The number of nitriles is 1. The van der Waals surface area contributed by atoms with Gasteiger partial charge in [-0.1, -0.05) is 37.3 Å². The van der Waals surface area contributed by atoms with Crippen LogP contribution in [0.2, 0.25) is 0 Å². The molecule has 5 nitrogen and oxygen atoms in total. The second-order valence-corrected chi connectivity index (χ2v) is 6.71. The molecule has 2 aromatic heterocycles. The number of carbonyl (C=O) groups is 1. The van der Waals surface area contributed by atoms with Crippen molar-refractivity contribution in [2.75, 3.05) is 0 Å². The molecule has 0 spiro atoms. The summed E-state index contributed by atoms with van der Waals surface area (Å²) in [7, 11) is 0. The molecule has 0 saturated carbocycles. The predicted octanol–water partition coefficient (Wildman–Crippen LogP) is 3.92. The Balaban J connectivity index is 1.80. The number of aromatic amines is 1. The molecule has 0 fully saturated rings. The lowest BCUT2D eigenvalue weighted by molar-refractivity contribution is -0.117. The minimum atomic E-state index is -0.394. The highest BCUT2D eigenvalue weighted by molar-refractivity contribution is 7.09. The zero-order valence-electron chi connectivity index (χ0n) is 14.3. The summed E-state index contributed by atoms with van der Waals surface area (Å²) in [6, 6.07) is 14.0. The van der Waals surface area contributed by atoms with Crippen molar-refractivity contribution in [2.24, 2.45) is 0 Å². The van der Waals surface area contributed by atoms with Gasteiger partial charge >= 0.3 is 0 Å². The Morgan fingerprint density at radius 3 is 2.81 bits per heavy atom. The summed E-state index contributed by atoms with van der Waals surface area (Å²) < 4.78 is 0. The molecule has 2 N–H and O–H groups in total. The maximum absolute atomic E-state index is 12.3. The summed E-state index contributed by atoms with van der Waals surface area (Å²) in [5, 5.41) is 21.1. The van der Waals surface area contributed by atoms with Gasteiger partial charge in [0.1, 0.15) is 11.6 Å². The number of aryl methyl sites for hydroxylation is 1. The van der Waals surface area contributed by atoms with Crippen LogP contribution in [0.4, 0.5) is 0 Å². The molecule has 26 heavy (non-hydrogen) atoms. The van der Waals surface area contributed by atoms with Crippen molar-refractivity contribution >= 4 is 23.3 Å². The van der Waals surface area contributed by atoms with Crippen molar-refractivity contribution in [3.8, 4) is 17.3 Å². The van der Waals surface area contributed by atoms with Crippen molar-refractivity contribution in [2.45, 2.75) is 19.9 Å². The highest BCUT2D eigenvalue weighted by atomic mass is 32.1. The van der Waals surface area contributed by atoms with E-state index in [0.717, 1.165) is 22.6 Å². The highest BCUT2D eigenvalue weighted by Gasteiger charge is 2.12. The lowest BCUT2D eigenvalue weighted by Gasteiger charge is -2.04. The van der Waals surface area contributed by atoms with Crippen LogP contribution < -0.4 is 5.32 Å². The molecule has 6 heteroatoms. The Bertz CT molecular complexity index is 947. The number of H-pyrrole nitrogens is 1. The van der Waals surface area contributed by atoms with E-state index in [0.29, 0.717) is 12.1 Å². The van der Waals surface area contributed by atoms with Gasteiger partial charge < -0.3 is 5.32 Å². The molecule has 3 rings (SSSR count). The average molecular weight is 362 g/mol. The normalized spacial score (nSPS) is 11.2. The van der Waals surface area contributed by atoms with E-state index in [1.165, 1.54) is 5.56 Å².